The lowest BCUT2D eigenvalue weighted by molar-refractivity contribution is 0.306. The summed E-state index contributed by atoms with van der Waals surface area (Å²) in [7, 11) is 0. The van der Waals surface area contributed by atoms with Gasteiger partial charge in [-0.05, 0) is 63.9 Å². The highest BCUT2D eigenvalue weighted by Crippen LogP contribution is 2.24. The summed E-state index contributed by atoms with van der Waals surface area (Å²) in [4.78, 5) is 0. The number of rotatable bonds is 5. The Morgan fingerprint density at radius 1 is 0.862 bits per heavy atom. The van der Waals surface area contributed by atoms with E-state index in [-0.39, 0.29) is 5.82 Å². The van der Waals surface area contributed by atoms with Crippen molar-refractivity contribution in [2.75, 3.05) is 0 Å². The van der Waals surface area contributed by atoms with Crippen molar-refractivity contribution >= 4 is 22.4 Å². The molecule has 0 aromatic heterocycles. The summed E-state index contributed by atoms with van der Waals surface area (Å²) in [5, 5.41) is 11.9. The first-order valence-electron chi connectivity index (χ1n) is 9.29. The summed E-state index contributed by atoms with van der Waals surface area (Å²) >= 11 is 0. The molecule has 0 aliphatic heterocycles. The third-order valence-electron chi connectivity index (χ3n) is 4.69. The maximum atomic E-state index is 13.0. The zero-order valence-corrected chi connectivity index (χ0v) is 15.7. The van der Waals surface area contributed by atoms with Crippen LogP contribution in [-0.4, -0.2) is 0 Å². The van der Waals surface area contributed by atoms with Crippen molar-refractivity contribution in [1.82, 2.24) is 0 Å². The van der Waals surface area contributed by atoms with Gasteiger partial charge in [-0.15, -0.1) is 0 Å². The lowest BCUT2D eigenvalue weighted by atomic mass is 10.0. The number of benzene rings is 4. The van der Waals surface area contributed by atoms with Gasteiger partial charge in [-0.1, -0.05) is 60.7 Å². The smallest absolute Gasteiger partial charge is 0.123 e. The molecule has 0 unspecified atom stereocenters. The fourth-order valence-corrected chi connectivity index (χ4v) is 3.11. The fourth-order valence-electron chi connectivity index (χ4n) is 3.11. The Hall–Kier alpha value is -3.90. The molecule has 0 radical (unpaired) electrons. The lowest BCUT2D eigenvalue weighted by Gasteiger charge is -2.07. The van der Waals surface area contributed by atoms with Crippen molar-refractivity contribution < 1.29 is 9.13 Å². The van der Waals surface area contributed by atoms with E-state index in [4.69, 9.17) is 4.74 Å². The van der Waals surface area contributed by atoms with E-state index in [1.165, 1.54) is 12.1 Å². The van der Waals surface area contributed by atoms with Crippen molar-refractivity contribution in [2.24, 2.45) is 0 Å². The summed E-state index contributed by atoms with van der Waals surface area (Å²) < 4.78 is 18.7. The van der Waals surface area contributed by atoms with E-state index < -0.39 is 0 Å². The molecule has 3 heteroatoms. The molecule has 4 aromatic carbocycles. The van der Waals surface area contributed by atoms with Crippen molar-refractivity contribution in [3.05, 3.63) is 114 Å². The van der Waals surface area contributed by atoms with Gasteiger partial charge in [-0.25, -0.2) is 4.39 Å². The van der Waals surface area contributed by atoms with Crippen LogP contribution < -0.4 is 4.74 Å². The molecule has 0 saturated heterocycles. The monoisotopic (exact) mass is 379 g/mol. The van der Waals surface area contributed by atoms with E-state index in [2.05, 4.69) is 12.1 Å². The summed E-state index contributed by atoms with van der Waals surface area (Å²) in [5.74, 6) is 0.459. The third-order valence-corrected chi connectivity index (χ3v) is 4.69. The van der Waals surface area contributed by atoms with Crippen LogP contribution in [0.2, 0.25) is 0 Å². The number of ether oxygens (including phenoxy) is 1. The molecule has 0 spiro atoms. The summed E-state index contributed by atoms with van der Waals surface area (Å²) in [5.41, 5.74) is 3.32. The Bertz CT molecular complexity index is 1200. The minimum absolute atomic E-state index is 0.260. The van der Waals surface area contributed by atoms with E-state index in [1.54, 1.807) is 12.1 Å². The first kappa shape index (κ1) is 18.5. The molecule has 0 fully saturated rings. The molecule has 0 amide bonds. The zero-order valence-electron chi connectivity index (χ0n) is 15.7. The van der Waals surface area contributed by atoms with Crippen LogP contribution >= 0.6 is 0 Å². The Kier molecular flexibility index (Phi) is 5.36. The molecule has 2 nitrogen and oxygen atoms in total. The van der Waals surface area contributed by atoms with Gasteiger partial charge in [-0.3, -0.25) is 0 Å². The number of halogens is 1. The molecule has 0 aliphatic carbocycles. The predicted octanol–water partition coefficient (Wildman–Crippen LogP) is 6.62. The highest BCUT2D eigenvalue weighted by molar-refractivity contribution is 5.94. The van der Waals surface area contributed by atoms with Crippen LogP contribution in [0.25, 0.3) is 22.4 Å². The van der Waals surface area contributed by atoms with E-state index in [1.807, 2.05) is 66.7 Å². The van der Waals surface area contributed by atoms with Crippen molar-refractivity contribution in [3.8, 4) is 11.8 Å². The van der Waals surface area contributed by atoms with Crippen LogP contribution in [0, 0.1) is 17.1 Å². The Balaban J connectivity index is 1.50. The summed E-state index contributed by atoms with van der Waals surface area (Å²) in [6, 6.07) is 30.2. The fraction of sp³-hybridized carbons (Fsp3) is 0.0385. The van der Waals surface area contributed by atoms with Crippen LogP contribution in [0.1, 0.15) is 16.7 Å². The number of allylic oxidation sites excluding steroid dienone is 1. The molecular formula is C26H18FNO. The van der Waals surface area contributed by atoms with E-state index in [9.17, 15) is 9.65 Å². The van der Waals surface area contributed by atoms with Gasteiger partial charge in [0.1, 0.15) is 18.2 Å². The first-order chi connectivity index (χ1) is 14.2. The van der Waals surface area contributed by atoms with Crippen LogP contribution in [0.15, 0.2) is 91.0 Å². The Labute approximate surface area is 169 Å². The molecule has 0 heterocycles. The van der Waals surface area contributed by atoms with Crippen molar-refractivity contribution in [2.45, 2.75) is 6.61 Å². The standard InChI is InChI=1S/C26H18FNO/c27-25-11-5-20(6-12-25)18-29-26-13-7-19(8-14-26)15-24(17-28)23-10-9-21-3-1-2-4-22(21)16-23/h1-16H,18H2. The average molecular weight is 379 g/mol. The lowest BCUT2D eigenvalue weighted by Crippen LogP contribution is -1.95. The summed E-state index contributed by atoms with van der Waals surface area (Å²) in [6.45, 7) is 0.371. The van der Waals surface area contributed by atoms with Crippen molar-refractivity contribution in [3.63, 3.8) is 0 Å². The van der Waals surface area contributed by atoms with E-state index in [0.29, 0.717) is 12.2 Å². The molecule has 29 heavy (non-hydrogen) atoms. The molecule has 4 rings (SSSR count). The van der Waals surface area contributed by atoms with E-state index in [0.717, 1.165) is 33.2 Å². The maximum absolute atomic E-state index is 13.0. The van der Waals surface area contributed by atoms with Gasteiger partial charge in [0.2, 0.25) is 0 Å². The predicted molar refractivity (Wildman–Crippen MR) is 115 cm³/mol. The largest absolute Gasteiger partial charge is 0.489 e. The van der Waals surface area contributed by atoms with Gasteiger partial charge in [0.25, 0.3) is 0 Å². The molecule has 0 bridgehead atoms. The van der Waals surface area contributed by atoms with Crippen LogP contribution in [0.3, 0.4) is 0 Å². The van der Waals surface area contributed by atoms with Gasteiger partial charge < -0.3 is 4.74 Å². The Morgan fingerprint density at radius 2 is 1.59 bits per heavy atom. The quantitative estimate of drug-likeness (QED) is 0.288. The zero-order chi connectivity index (χ0) is 20.1. The SMILES string of the molecule is N#CC(=Cc1ccc(OCc2ccc(F)cc2)cc1)c1ccc2ccccc2c1. The minimum Gasteiger partial charge on any atom is -0.489 e. The second-order valence-corrected chi connectivity index (χ2v) is 6.72. The van der Waals surface area contributed by atoms with Crippen LogP contribution in [0.4, 0.5) is 4.39 Å². The molecule has 0 aliphatic rings. The summed E-state index contributed by atoms with van der Waals surface area (Å²) in [6.07, 6.45) is 1.87. The van der Waals surface area contributed by atoms with E-state index >= 15 is 0 Å². The maximum Gasteiger partial charge on any atom is 0.123 e. The number of nitriles is 1. The van der Waals surface area contributed by atoms with Gasteiger partial charge in [0.15, 0.2) is 0 Å². The first-order valence-corrected chi connectivity index (χ1v) is 9.29. The second kappa shape index (κ2) is 8.41. The van der Waals surface area contributed by atoms with Gasteiger partial charge >= 0.3 is 0 Å². The van der Waals surface area contributed by atoms with Crippen molar-refractivity contribution in [1.29, 1.82) is 5.26 Å². The normalized spacial score (nSPS) is 11.2. The molecule has 0 atom stereocenters. The molecular weight excluding hydrogens is 361 g/mol. The molecule has 4 aromatic rings. The number of fused-ring (bicyclic) bond motifs is 1. The number of nitrogens with zero attached hydrogens (tertiary/aromatic N) is 1. The molecule has 0 saturated carbocycles. The van der Waals surface area contributed by atoms with Gasteiger partial charge in [0, 0.05) is 0 Å². The number of hydrogen-bond donors (Lipinski definition) is 0. The second-order valence-electron chi connectivity index (χ2n) is 6.72. The molecule has 140 valence electrons. The van der Waals surface area contributed by atoms with Crippen LogP contribution in [0.5, 0.6) is 5.75 Å². The topological polar surface area (TPSA) is 33.0 Å². The highest BCUT2D eigenvalue weighted by Gasteiger charge is 2.04. The highest BCUT2D eigenvalue weighted by atomic mass is 19.1. The van der Waals surface area contributed by atoms with Gasteiger partial charge in [0.05, 0.1) is 11.6 Å². The average Bonchev–Trinajstić information content (AvgIpc) is 2.77. The molecule has 0 N–H and O–H groups in total. The number of hydrogen-bond acceptors (Lipinski definition) is 2. The Morgan fingerprint density at radius 3 is 2.31 bits per heavy atom. The third kappa shape index (κ3) is 4.51. The minimum atomic E-state index is -0.260. The van der Waals surface area contributed by atoms with Gasteiger partial charge in [-0.2, -0.15) is 5.26 Å². The van der Waals surface area contributed by atoms with Crippen LogP contribution in [-0.2, 0) is 6.61 Å².